The van der Waals surface area contributed by atoms with Crippen molar-refractivity contribution in [3.63, 3.8) is 0 Å². The van der Waals surface area contributed by atoms with Crippen LogP contribution >= 0.6 is 11.6 Å². The molecule has 1 N–H and O–H groups in total. The van der Waals surface area contributed by atoms with E-state index >= 15 is 0 Å². The number of imidazole rings is 1. The molecule has 4 heterocycles. The molecule has 150 valence electrons. The summed E-state index contributed by atoms with van der Waals surface area (Å²) < 4.78 is 0. The Hall–Kier alpha value is -2.99. The average Bonchev–Trinajstić information content (AvgIpc) is 3.51. The van der Waals surface area contributed by atoms with Gasteiger partial charge in [-0.2, -0.15) is 0 Å². The van der Waals surface area contributed by atoms with Crippen LogP contribution < -0.4 is 4.90 Å². The van der Waals surface area contributed by atoms with Crippen LogP contribution in [0.4, 0.5) is 5.82 Å². The number of halogens is 1. The molecule has 1 atom stereocenters. The minimum atomic E-state index is 0.173. The van der Waals surface area contributed by atoms with Gasteiger partial charge in [0, 0.05) is 29.0 Å². The molecule has 4 aromatic rings. The number of fused-ring (bicyclic) bond motifs is 2. The zero-order valence-electron chi connectivity index (χ0n) is 16.5. The first-order chi connectivity index (χ1) is 14.8. The summed E-state index contributed by atoms with van der Waals surface area (Å²) in [7, 11) is 0. The molecule has 2 aliphatic rings. The van der Waals surface area contributed by atoms with Gasteiger partial charge in [0.05, 0.1) is 17.1 Å². The average molecular weight is 417 g/mol. The molecule has 0 bridgehead atoms. The second kappa shape index (κ2) is 7.06. The van der Waals surface area contributed by atoms with Crippen molar-refractivity contribution in [3.05, 3.63) is 64.7 Å². The van der Waals surface area contributed by atoms with Crippen LogP contribution in [0.2, 0.25) is 5.02 Å². The maximum atomic E-state index is 6.17. The first-order valence-electron chi connectivity index (χ1n) is 10.5. The molecule has 1 aromatic carbocycles. The highest BCUT2D eigenvalue weighted by molar-refractivity contribution is 6.31. The lowest BCUT2D eigenvalue weighted by atomic mass is 10.1. The standard InChI is InChI=1S/C23H21ClN6/c24-14-9-10-17-19(13-14)28-22(27-17)20-8-4-12-30(20)23-15-5-3-7-16(15)26-21(29-23)18-6-1-2-11-25-18/h1-2,6,9-11,13,20H,3-5,7-8,12H2,(H,27,28)/t20-/m0/s1. The molecule has 7 heteroatoms. The number of hydrogen-bond acceptors (Lipinski definition) is 5. The maximum absolute atomic E-state index is 6.17. The Kier molecular flexibility index (Phi) is 4.20. The number of aromatic nitrogens is 5. The second-order valence-electron chi connectivity index (χ2n) is 8.00. The SMILES string of the molecule is Clc1ccc2nc([C@@H]3CCCN3c3nc(-c4ccccn4)nc4c3CCC4)[nH]c2c1. The van der Waals surface area contributed by atoms with Gasteiger partial charge in [-0.3, -0.25) is 4.98 Å². The summed E-state index contributed by atoms with van der Waals surface area (Å²) in [5, 5.41) is 0.717. The van der Waals surface area contributed by atoms with Crippen molar-refractivity contribution in [3.8, 4) is 11.5 Å². The third-order valence-corrected chi connectivity index (χ3v) is 6.34. The summed E-state index contributed by atoms with van der Waals surface area (Å²) in [6, 6.07) is 11.8. The van der Waals surface area contributed by atoms with Crippen LogP contribution in [0.25, 0.3) is 22.6 Å². The van der Waals surface area contributed by atoms with Gasteiger partial charge in [0.1, 0.15) is 17.3 Å². The van der Waals surface area contributed by atoms with Crippen LogP contribution in [-0.4, -0.2) is 31.5 Å². The molecule has 0 radical (unpaired) electrons. The Morgan fingerprint density at radius 1 is 1.03 bits per heavy atom. The monoisotopic (exact) mass is 416 g/mol. The highest BCUT2D eigenvalue weighted by Gasteiger charge is 2.33. The number of aryl methyl sites for hydroxylation is 1. The van der Waals surface area contributed by atoms with E-state index in [0.717, 1.165) is 72.0 Å². The van der Waals surface area contributed by atoms with E-state index in [1.807, 2.05) is 36.4 Å². The van der Waals surface area contributed by atoms with Crippen LogP contribution in [-0.2, 0) is 12.8 Å². The molecule has 0 spiro atoms. The quantitative estimate of drug-likeness (QED) is 0.514. The second-order valence-corrected chi connectivity index (χ2v) is 8.44. The first-order valence-corrected chi connectivity index (χ1v) is 10.9. The van der Waals surface area contributed by atoms with Crippen molar-refractivity contribution >= 4 is 28.5 Å². The summed E-state index contributed by atoms with van der Waals surface area (Å²) >= 11 is 6.17. The largest absolute Gasteiger partial charge is 0.346 e. The van der Waals surface area contributed by atoms with Crippen LogP contribution in [0, 0.1) is 0 Å². The van der Waals surface area contributed by atoms with Gasteiger partial charge >= 0.3 is 0 Å². The highest BCUT2D eigenvalue weighted by atomic mass is 35.5. The summed E-state index contributed by atoms with van der Waals surface area (Å²) in [5.74, 6) is 2.75. The lowest BCUT2D eigenvalue weighted by Crippen LogP contribution is -2.26. The Balaban J connectivity index is 1.45. The molecule has 6 rings (SSSR count). The predicted molar refractivity (Wildman–Crippen MR) is 118 cm³/mol. The number of aromatic amines is 1. The number of anilines is 1. The van der Waals surface area contributed by atoms with E-state index in [1.54, 1.807) is 6.20 Å². The van der Waals surface area contributed by atoms with Crippen molar-refractivity contribution in [2.45, 2.75) is 38.1 Å². The van der Waals surface area contributed by atoms with Gasteiger partial charge in [-0.15, -0.1) is 0 Å². The van der Waals surface area contributed by atoms with Crippen molar-refractivity contribution in [2.24, 2.45) is 0 Å². The number of benzene rings is 1. The zero-order valence-corrected chi connectivity index (χ0v) is 17.2. The van der Waals surface area contributed by atoms with Crippen molar-refractivity contribution in [2.75, 3.05) is 11.4 Å². The molecule has 6 nitrogen and oxygen atoms in total. The van der Waals surface area contributed by atoms with Gasteiger partial charge in [0.25, 0.3) is 0 Å². The summed E-state index contributed by atoms with van der Waals surface area (Å²) in [5.41, 5.74) is 5.21. The fourth-order valence-corrected chi connectivity index (χ4v) is 4.90. The highest BCUT2D eigenvalue weighted by Crippen LogP contribution is 2.39. The topological polar surface area (TPSA) is 70.6 Å². The predicted octanol–water partition coefficient (Wildman–Crippen LogP) is 4.90. The summed E-state index contributed by atoms with van der Waals surface area (Å²) in [6.45, 7) is 0.966. The lowest BCUT2D eigenvalue weighted by Gasteiger charge is -2.26. The Labute approximate surface area is 179 Å². The van der Waals surface area contributed by atoms with Crippen LogP contribution in [0.5, 0.6) is 0 Å². The molecule has 1 fully saturated rings. The number of hydrogen-bond donors (Lipinski definition) is 1. The van der Waals surface area contributed by atoms with E-state index in [1.165, 1.54) is 11.3 Å². The molecule has 1 aliphatic carbocycles. The van der Waals surface area contributed by atoms with E-state index in [0.29, 0.717) is 5.82 Å². The van der Waals surface area contributed by atoms with E-state index in [4.69, 9.17) is 26.6 Å². The smallest absolute Gasteiger partial charge is 0.180 e. The minimum absolute atomic E-state index is 0.173. The van der Waals surface area contributed by atoms with E-state index in [2.05, 4.69) is 14.9 Å². The molecule has 1 saturated heterocycles. The number of pyridine rings is 1. The number of H-pyrrole nitrogens is 1. The van der Waals surface area contributed by atoms with E-state index in [9.17, 15) is 0 Å². The Bertz CT molecular complexity index is 1240. The molecular weight excluding hydrogens is 396 g/mol. The molecule has 3 aromatic heterocycles. The third kappa shape index (κ3) is 2.94. The number of rotatable bonds is 3. The van der Waals surface area contributed by atoms with Crippen molar-refractivity contribution in [1.82, 2.24) is 24.9 Å². The van der Waals surface area contributed by atoms with Crippen molar-refractivity contribution < 1.29 is 0 Å². The summed E-state index contributed by atoms with van der Waals surface area (Å²) in [6.07, 6.45) is 7.12. The van der Waals surface area contributed by atoms with Gasteiger partial charge in [0.2, 0.25) is 0 Å². The van der Waals surface area contributed by atoms with Gasteiger partial charge in [-0.25, -0.2) is 15.0 Å². The maximum Gasteiger partial charge on any atom is 0.180 e. The minimum Gasteiger partial charge on any atom is -0.346 e. The van der Waals surface area contributed by atoms with Crippen LogP contribution in [0.15, 0.2) is 42.6 Å². The van der Waals surface area contributed by atoms with Gasteiger partial charge in [0.15, 0.2) is 5.82 Å². The van der Waals surface area contributed by atoms with E-state index in [-0.39, 0.29) is 6.04 Å². The van der Waals surface area contributed by atoms with Crippen LogP contribution in [0.1, 0.15) is 42.4 Å². The molecule has 0 unspecified atom stereocenters. The fraction of sp³-hybridized carbons (Fsp3) is 0.304. The summed E-state index contributed by atoms with van der Waals surface area (Å²) in [4.78, 5) is 25.2. The van der Waals surface area contributed by atoms with Crippen molar-refractivity contribution in [1.29, 1.82) is 0 Å². The van der Waals surface area contributed by atoms with Crippen LogP contribution in [0.3, 0.4) is 0 Å². The van der Waals surface area contributed by atoms with E-state index < -0.39 is 0 Å². The molecule has 30 heavy (non-hydrogen) atoms. The fourth-order valence-electron chi connectivity index (χ4n) is 4.72. The van der Waals surface area contributed by atoms with Gasteiger partial charge in [-0.05, 0) is 62.4 Å². The molecule has 1 aliphatic heterocycles. The molecule has 0 saturated carbocycles. The first kappa shape index (κ1) is 17.8. The Morgan fingerprint density at radius 3 is 2.90 bits per heavy atom. The van der Waals surface area contributed by atoms with Gasteiger partial charge < -0.3 is 9.88 Å². The third-order valence-electron chi connectivity index (χ3n) is 6.11. The van der Waals surface area contributed by atoms with Gasteiger partial charge in [-0.1, -0.05) is 17.7 Å². The number of nitrogens with one attached hydrogen (secondary N) is 1. The molecular formula is C23H21ClN6. The Morgan fingerprint density at radius 2 is 2.00 bits per heavy atom. The lowest BCUT2D eigenvalue weighted by molar-refractivity contribution is 0.669. The molecule has 0 amide bonds. The normalized spacial score (nSPS) is 18.3. The zero-order chi connectivity index (χ0) is 20.1. The number of nitrogens with zero attached hydrogens (tertiary/aromatic N) is 5.